The number of likely N-dealkylation sites (tertiary alicyclic amines) is 1. The lowest BCUT2D eigenvalue weighted by Gasteiger charge is -2.36. The highest BCUT2D eigenvalue weighted by Gasteiger charge is 2.40. The number of aldehydes is 1. The van der Waals surface area contributed by atoms with Crippen molar-refractivity contribution < 1.29 is 29.0 Å². The average Bonchev–Trinajstić information content (AvgIpc) is 3.46. The van der Waals surface area contributed by atoms with Crippen molar-refractivity contribution in [2.24, 2.45) is 5.41 Å². The Hall–Kier alpha value is -2.65. The predicted octanol–water partition coefficient (Wildman–Crippen LogP) is 2.61. The predicted molar refractivity (Wildman–Crippen MR) is 126 cm³/mol. The van der Waals surface area contributed by atoms with Gasteiger partial charge in [-0.15, -0.1) is 0 Å². The third kappa shape index (κ3) is 6.48. The van der Waals surface area contributed by atoms with Crippen LogP contribution in [0.15, 0.2) is 18.2 Å². The summed E-state index contributed by atoms with van der Waals surface area (Å²) >= 11 is 6.45. The van der Waals surface area contributed by atoms with Crippen molar-refractivity contribution in [3.05, 3.63) is 28.8 Å². The van der Waals surface area contributed by atoms with Gasteiger partial charge in [-0.2, -0.15) is 0 Å². The molecule has 1 aliphatic heterocycles. The summed E-state index contributed by atoms with van der Waals surface area (Å²) in [6.07, 6.45) is 2.96. The number of carbonyl (C=O) groups is 4. The fraction of sp³-hybridized carbons (Fsp3) is 0.583. The van der Waals surface area contributed by atoms with Gasteiger partial charge in [0.2, 0.25) is 5.91 Å². The first-order chi connectivity index (χ1) is 16.0. The normalized spacial score (nSPS) is 19.9. The number of rotatable bonds is 10. The molecule has 0 bridgehead atoms. The number of halogens is 1. The molecule has 2 amide bonds. The van der Waals surface area contributed by atoms with E-state index in [-0.39, 0.29) is 29.0 Å². The second-order valence-corrected chi connectivity index (χ2v) is 10.3. The molecule has 34 heavy (non-hydrogen) atoms. The zero-order valence-electron chi connectivity index (χ0n) is 19.7. The second-order valence-electron chi connectivity index (χ2n) is 9.90. The van der Waals surface area contributed by atoms with Crippen molar-refractivity contribution in [1.82, 2.24) is 15.5 Å². The Balaban J connectivity index is 1.76. The number of nitrogens with zero attached hydrogens (tertiary/aromatic N) is 1. The fourth-order valence-corrected chi connectivity index (χ4v) is 4.21. The molecule has 0 spiro atoms. The molecule has 1 saturated carbocycles. The van der Waals surface area contributed by atoms with Crippen molar-refractivity contribution in [3.8, 4) is 5.75 Å². The maximum Gasteiger partial charge on any atom is 0.305 e. The van der Waals surface area contributed by atoms with E-state index in [2.05, 4.69) is 10.6 Å². The Morgan fingerprint density at radius 3 is 2.56 bits per heavy atom. The van der Waals surface area contributed by atoms with E-state index >= 15 is 0 Å². The Morgan fingerprint density at radius 2 is 1.97 bits per heavy atom. The number of carboxylic acid groups (broad SMARTS) is 1. The van der Waals surface area contributed by atoms with Gasteiger partial charge in [-0.05, 0) is 43.2 Å². The first kappa shape index (κ1) is 26.0. The van der Waals surface area contributed by atoms with Crippen LogP contribution in [0.25, 0.3) is 0 Å². The molecule has 2 aliphatic rings. The number of ether oxygens (including phenoxy) is 1. The molecule has 1 aromatic rings. The third-order valence-corrected chi connectivity index (χ3v) is 6.31. The molecular formula is C24H32ClN3O6. The molecule has 1 aromatic carbocycles. The Labute approximate surface area is 204 Å². The lowest BCUT2D eigenvalue weighted by Crippen LogP contribution is -2.58. The highest BCUT2D eigenvalue weighted by molar-refractivity contribution is 6.35. The SMILES string of the molecule is CC(C)(C)[C@H](NC(=O)c1cccc(OC2CC2)c1Cl)C(=O)N1CCC[C@H]1N[C@H](C=O)CC(=O)O. The van der Waals surface area contributed by atoms with Gasteiger partial charge in [-0.1, -0.05) is 38.4 Å². The average molecular weight is 494 g/mol. The molecule has 9 nitrogen and oxygen atoms in total. The summed E-state index contributed by atoms with van der Waals surface area (Å²) in [5, 5.41) is 15.0. The second kappa shape index (κ2) is 10.7. The molecule has 3 rings (SSSR count). The highest BCUT2D eigenvalue weighted by atomic mass is 35.5. The molecule has 1 heterocycles. The first-order valence-electron chi connectivity index (χ1n) is 11.5. The van der Waals surface area contributed by atoms with Crippen molar-refractivity contribution in [2.45, 2.75) is 77.2 Å². The van der Waals surface area contributed by atoms with E-state index in [1.165, 1.54) is 0 Å². The summed E-state index contributed by atoms with van der Waals surface area (Å²) in [7, 11) is 0. The van der Waals surface area contributed by atoms with Crippen LogP contribution in [0.5, 0.6) is 5.75 Å². The molecule has 1 aliphatic carbocycles. The summed E-state index contributed by atoms with van der Waals surface area (Å²) in [5.74, 6) is -1.46. The molecule has 1 saturated heterocycles. The van der Waals surface area contributed by atoms with Gasteiger partial charge in [-0.25, -0.2) is 0 Å². The minimum absolute atomic E-state index is 0.121. The van der Waals surface area contributed by atoms with E-state index in [9.17, 15) is 19.2 Å². The summed E-state index contributed by atoms with van der Waals surface area (Å²) in [5.41, 5.74) is -0.403. The van der Waals surface area contributed by atoms with Crippen LogP contribution >= 0.6 is 11.6 Å². The standard InChI is InChI=1S/C24H32ClN3O6/c1-24(2,3)21(23(33)28-11-5-8-18(28)26-14(13-29)12-19(30)31)27-22(32)16-6-4-7-17(20(16)25)34-15-9-10-15/h4,6-7,13-15,18,21,26H,5,8-12H2,1-3H3,(H,27,32)(H,30,31)/t14-,18-,21+/m0/s1. The summed E-state index contributed by atoms with van der Waals surface area (Å²) < 4.78 is 5.77. The van der Waals surface area contributed by atoms with Gasteiger partial charge >= 0.3 is 5.97 Å². The van der Waals surface area contributed by atoms with Gasteiger partial charge < -0.3 is 24.9 Å². The zero-order chi connectivity index (χ0) is 25.0. The molecule has 10 heteroatoms. The van der Waals surface area contributed by atoms with Crippen LogP contribution in [0, 0.1) is 5.41 Å². The minimum Gasteiger partial charge on any atom is -0.489 e. The number of carboxylic acids is 1. The number of aliphatic carboxylic acids is 1. The number of benzene rings is 1. The van der Waals surface area contributed by atoms with Crippen LogP contribution in [-0.2, 0) is 14.4 Å². The van der Waals surface area contributed by atoms with Gasteiger partial charge in [0.05, 0.1) is 35.3 Å². The quantitative estimate of drug-likeness (QED) is 0.428. The van der Waals surface area contributed by atoms with Gasteiger partial charge in [0, 0.05) is 6.54 Å². The van der Waals surface area contributed by atoms with Gasteiger partial charge in [-0.3, -0.25) is 19.7 Å². The number of hydrogen-bond acceptors (Lipinski definition) is 6. The third-order valence-electron chi connectivity index (χ3n) is 5.92. The largest absolute Gasteiger partial charge is 0.489 e. The minimum atomic E-state index is -1.11. The lowest BCUT2D eigenvalue weighted by molar-refractivity contribution is -0.139. The molecule has 186 valence electrons. The number of nitrogens with one attached hydrogen (secondary N) is 2. The maximum absolute atomic E-state index is 13.6. The van der Waals surface area contributed by atoms with Gasteiger partial charge in [0.25, 0.3) is 5.91 Å². The van der Waals surface area contributed by atoms with Crippen LogP contribution in [0.4, 0.5) is 0 Å². The van der Waals surface area contributed by atoms with Crippen molar-refractivity contribution in [1.29, 1.82) is 0 Å². The Morgan fingerprint density at radius 1 is 1.26 bits per heavy atom. The molecule has 0 aromatic heterocycles. The van der Waals surface area contributed by atoms with Crippen molar-refractivity contribution >= 4 is 35.7 Å². The maximum atomic E-state index is 13.6. The zero-order valence-corrected chi connectivity index (χ0v) is 20.4. The molecular weight excluding hydrogens is 462 g/mol. The Kier molecular flexibility index (Phi) is 8.20. The van der Waals surface area contributed by atoms with E-state index in [0.29, 0.717) is 31.4 Å². The highest BCUT2D eigenvalue weighted by Crippen LogP contribution is 2.34. The molecule has 0 radical (unpaired) electrons. The molecule has 0 unspecified atom stereocenters. The van der Waals surface area contributed by atoms with E-state index in [4.69, 9.17) is 21.4 Å². The topological polar surface area (TPSA) is 125 Å². The number of hydrogen-bond donors (Lipinski definition) is 3. The van der Waals surface area contributed by atoms with E-state index in [1.807, 2.05) is 20.8 Å². The van der Waals surface area contributed by atoms with Crippen LogP contribution in [0.2, 0.25) is 5.02 Å². The first-order valence-corrected chi connectivity index (χ1v) is 11.9. The summed E-state index contributed by atoms with van der Waals surface area (Å²) in [6, 6.07) is 3.20. The summed E-state index contributed by atoms with van der Waals surface area (Å²) in [6.45, 7) is 5.98. The van der Waals surface area contributed by atoms with E-state index in [0.717, 1.165) is 12.8 Å². The number of carbonyl (C=O) groups excluding carboxylic acids is 3. The monoisotopic (exact) mass is 493 g/mol. The number of amides is 2. The Bertz CT molecular complexity index is 943. The molecule has 2 fully saturated rings. The van der Waals surface area contributed by atoms with Crippen LogP contribution in [-0.4, -0.2) is 65.0 Å². The van der Waals surface area contributed by atoms with Crippen molar-refractivity contribution in [3.63, 3.8) is 0 Å². The lowest BCUT2D eigenvalue weighted by atomic mass is 9.85. The molecule has 3 atom stereocenters. The van der Waals surface area contributed by atoms with Crippen molar-refractivity contribution in [2.75, 3.05) is 6.54 Å². The van der Waals surface area contributed by atoms with Crippen LogP contribution in [0.3, 0.4) is 0 Å². The smallest absolute Gasteiger partial charge is 0.305 e. The van der Waals surface area contributed by atoms with Gasteiger partial charge in [0.15, 0.2) is 0 Å². The van der Waals surface area contributed by atoms with Crippen LogP contribution in [0.1, 0.15) is 63.2 Å². The summed E-state index contributed by atoms with van der Waals surface area (Å²) in [4.78, 5) is 50.7. The van der Waals surface area contributed by atoms with E-state index in [1.54, 1.807) is 23.1 Å². The fourth-order valence-electron chi connectivity index (χ4n) is 3.95. The molecule has 3 N–H and O–H groups in total. The van der Waals surface area contributed by atoms with Gasteiger partial charge in [0.1, 0.15) is 18.1 Å². The van der Waals surface area contributed by atoms with E-state index < -0.39 is 35.5 Å². The van der Waals surface area contributed by atoms with Crippen LogP contribution < -0.4 is 15.4 Å².